The number of esters is 2. The van der Waals surface area contributed by atoms with Gasteiger partial charge in [0.2, 0.25) is 0 Å². The van der Waals surface area contributed by atoms with Crippen molar-refractivity contribution in [2.24, 2.45) is 5.92 Å². The van der Waals surface area contributed by atoms with Crippen molar-refractivity contribution in [3.63, 3.8) is 0 Å². The highest BCUT2D eigenvalue weighted by Gasteiger charge is 2.25. The van der Waals surface area contributed by atoms with Gasteiger partial charge in [-0.05, 0) is 97.1 Å². The Morgan fingerprint density at radius 2 is 0.842 bits per heavy atom. The zero-order chi connectivity index (χ0) is 42.1. The molecule has 0 radical (unpaired) electrons. The Balaban J connectivity index is 4.25. The molecule has 0 spiro atoms. The lowest BCUT2D eigenvalue weighted by Gasteiger charge is -2.37. The normalized spacial score (nSPS) is 12.0. The first kappa shape index (κ1) is 55.9. The Hall–Kier alpha value is -1.14. The van der Waals surface area contributed by atoms with Gasteiger partial charge >= 0.3 is 11.9 Å². The van der Waals surface area contributed by atoms with Crippen molar-refractivity contribution in [1.29, 1.82) is 0 Å². The number of aliphatic hydroxyl groups is 1. The largest absolute Gasteiger partial charge is 0.466 e. The van der Waals surface area contributed by atoms with Crippen LogP contribution < -0.4 is 0 Å². The molecule has 57 heavy (non-hydrogen) atoms. The first-order valence-corrected chi connectivity index (χ1v) is 25.4. The minimum Gasteiger partial charge on any atom is -0.466 e. The van der Waals surface area contributed by atoms with Crippen molar-refractivity contribution in [3.05, 3.63) is 0 Å². The topological polar surface area (TPSA) is 76.1 Å². The predicted octanol–water partition coefficient (Wildman–Crippen LogP) is 15.3. The lowest BCUT2D eigenvalue weighted by Crippen LogP contribution is -2.47. The third kappa shape index (κ3) is 36.4. The fraction of sp³-hybridized carbons (Fsp3) is 0.961. The lowest BCUT2D eigenvalue weighted by molar-refractivity contribution is -0.150. The van der Waals surface area contributed by atoms with Gasteiger partial charge < -0.3 is 14.6 Å². The van der Waals surface area contributed by atoms with Crippen LogP contribution in [0, 0.1) is 5.92 Å². The Morgan fingerprint density at radius 1 is 0.474 bits per heavy atom. The van der Waals surface area contributed by atoms with Gasteiger partial charge in [-0.1, -0.05) is 182 Å². The number of carbonyl (C=O) groups is 2. The molecule has 0 aromatic carbocycles. The molecule has 1 N–H and O–H groups in total. The molecule has 0 aromatic heterocycles. The van der Waals surface area contributed by atoms with Crippen LogP contribution in [0.25, 0.3) is 0 Å². The number of rotatable bonds is 45. The molecule has 0 fully saturated rings. The van der Waals surface area contributed by atoms with E-state index in [4.69, 9.17) is 9.47 Å². The molecular formula is C51H101NO5. The van der Waals surface area contributed by atoms with E-state index in [1.165, 1.54) is 135 Å². The van der Waals surface area contributed by atoms with Crippen molar-refractivity contribution in [3.8, 4) is 0 Å². The molecule has 0 aliphatic rings. The zero-order valence-electron chi connectivity index (χ0n) is 39.5. The average Bonchev–Trinajstić information content (AvgIpc) is 3.20. The predicted molar refractivity (Wildman–Crippen MR) is 246 cm³/mol. The van der Waals surface area contributed by atoms with Gasteiger partial charge in [-0.15, -0.1) is 0 Å². The van der Waals surface area contributed by atoms with E-state index in [2.05, 4.69) is 46.4 Å². The molecule has 6 heteroatoms. The number of hydrogen-bond acceptors (Lipinski definition) is 6. The maximum atomic E-state index is 12.8. The molecule has 0 aliphatic carbocycles. The molecule has 0 amide bonds. The molecule has 340 valence electrons. The monoisotopic (exact) mass is 808 g/mol. The molecular weight excluding hydrogens is 707 g/mol. The van der Waals surface area contributed by atoms with Crippen molar-refractivity contribution < 1.29 is 24.2 Å². The summed E-state index contributed by atoms with van der Waals surface area (Å²) in [5.74, 6) is 0.787. The molecule has 0 rings (SSSR count). The van der Waals surface area contributed by atoms with E-state index in [9.17, 15) is 14.7 Å². The van der Waals surface area contributed by atoms with Crippen LogP contribution in [-0.4, -0.2) is 59.9 Å². The summed E-state index contributed by atoms with van der Waals surface area (Å²) in [7, 11) is 0. The summed E-state index contributed by atoms with van der Waals surface area (Å²) in [6, 6.07) is 0. The fourth-order valence-corrected chi connectivity index (χ4v) is 8.26. The van der Waals surface area contributed by atoms with Crippen LogP contribution in [0.5, 0.6) is 0 Å². The van der Waals surface area contributed by atoms with Crippen LogP contribution in [0.4, 0.5) is 0 Å². The summed E-state index contributed by atoms with van der Waals surface area (Å²) >= 11 is 0. The van der Waals surface area contributed by atoms with E-state index in [0.717, 1.165) is 102 Å². The second-order valence-electron chi connectivity index (χ2n) is 18.4. The Bertz CT molecular complexity index is 837. The summed E-state index contributed by atoms with van der Waals surface area (Å²) in [6.45, 7) is 16.1. The van der Waals surface area contributed by atoms with E-state index in [1.807, 2.05) is 0 Å². The van der Waals surface area contributed by atoms with E-state index >= 15 is 0 Å². The van der Waals surface area contributed by atoms with Crippen LogP contribution >= 0.6 is 0 Å². The molecule has 0 aromatic rings. The fourth-order valence-electron chi connectivity index (χ4n) is 8.26. The lowest BCUT2D eigenvalue weighted by atomic mass is 9.91. The number of carbonyl (C=O) groups excluding carboxylic acids is 2. The molecule has 0 bridgehead atoms. The van der Waals surface area contributed by atoms with Crippen molar-refractivity contribution in [2.45, 2.75) is 284 Å². The third-order valence-corrected chi connectivity index (χ3v) is 12.4. The highest BCUT2D eigenvalue weighted by atomic mass is 16.5. The van der Waals surface area contributed by atoms with Crippen molar-refractivity contribution >= 4 is 11.9 Å². The Kier molecular flexibility index (Phi) is 40.8. The standard InChI is InChI=1S/C51H101NO5/c1-7-11-15-17-21-29-39-48(40-30-22-18-16-12-8-2)57-50(55)42-32-24-20-26-34-44-52(51(5,6)46-53)43-33-25-19-23-31-41-49(54)56-45-35-38-47(36-27-13-9-3)37-28-14-10-4/h47-48,53H,7-46H2,1-6H3. The van der Waals surface area contributed by atoms with Gasteiger partial charge in [0.1, 0.15) is 6.10 Å². The first-order valence-electron chi connectivity index (χ1n) is 25.4. The average molecular weight is 808 g/mol. The SMILES string of the molecule is CCCCCCCCC(CCCCCCCC)OC(=O)CCCCCCCN(CCCCCCCC(=O)OCCCC(CCCCC)CCCCC)C(C)(C)CO. The van der Waals surface area contributed by atoms with Crippen LogP contribution in [0.2, 0.25) is 0 Å². The highest BCUT2D eigenvalue weighted by Crippen LogP contribution is 2.23. The van der Waals surface area contributed by atoms with Gasteiger partial charge in [0, 0.05) is 18.4 Å². The summed E-state index contributed by atoms with van der Waals surface area (Å²) < 4.78 is 11.7. The molecule has 0 atom stereocenters. The molecule has 0 aliphatic heterocycles. The quantitative estimate of drug-likeness (QED) is 0.0488. The van der Waals surface area contributed by atoms with Crippen molar-refractivity contribution in [1.82, 2.24) is 4.90 Å². The second-order valence-corrected chi connectivity index (χ2v) is 18.4. The summed E-state index contributed by atoms with van der Waals surface area (Å²) in [6.07, 6.45) is 42.2. The third-order valence-electron chi connectivity index (χ3n) is 12.4. The number of aliphatic hydroxyl groups excluding tert-OH is 1. The first-order chi connectivity index (χ1) is 27.7. The summed E-state index contributed by atoms with van der Waals surface area (Å²) in [5.41, 5.74) is -0.222. The van der Waals surface area contributed by atoms with Crippen LogP contribution in [-0.2, 0) is 19.1 Å². The van der Waals surface area contributed by atoms with Crippen LogP contribution in [0.1, 0.15) is 273 Å². The van der Waals surface area contributed by atoms with E-state index in [-0.39, 0.29) is 30.2 Å². The molecule has 6 nitrogen and oxygen atoms in total. The maximum Gasteiger partial charge on any atom is 0.306 e. The molecule has 0 saturated carbocycles. The Labute approximate surface area is 356 Å². The maximum absolute atomic E-state index is 12.8. The van der Waals surface area contributed by atoms with Crippen LogP contribution in [0.3, 0.4) is 0 Å². The zero-order valence-corrected chi connectivity index (χ0v) is 39.5. The molecule has 0 heterocycles. The molecule has 0 saturated heterocycles. The van der Waals surface area contributed by atoms with Gasteiger partial charge in [-0.25, -0.2) is 0 Å². The van der Waals surface area contributed by atoms with Crippen LogP contribution in [0.15, 0.2) is 0 Å². The van der Waals surface area contributed by atoms with Gasteiger partial charge in [0.05, 0.1) is 13.2 Å². The Morgan fingerprint density at radius 3 is 1.32 bits per heavy atom. The smallest absolute Gasteiger partial charge is 0.306 e. The van der Waals surface area contributed by atoms with E-state index in [1.54, 1.807) is 0 Å². The van der Waals surface area contributed by atoms with Gasteiger partial charge in [-0.2, -0.15) is 0 Å². The van der Waals surface area contributed by atoms with Gasteiger partial charge in [0.25, 0.3) is 0 Å². The summed E-state index contributed by atoms with van der Waals surface area (Å²) in [5, 5.41) is 10.1. The van der Waals surface area contributed by atoms with Gasteiger partial charge in [-0.3, -0.25) is 14.5 Å². The number of nitrogens with zero attached hydrogens (tertiary/aromatic N) is 1. The minimum atomic E-state index is -0.222. The molecule has 0 unspecified atom stereocenters. The number of hydrogen-bond donors (Lipinski definition) is 1. The van der Waals surface area contributed by atoms with Crippen molar-refractivity contribution in [2.75, 3.05) is 26.3 Å². The number of unbranched alkanes of at least 4 members (excludes halogenated alkanes) is 22. The van der Waals surface area contributed by atoms with E-state index in [0.29, 0.717) is 19.4 Å². The van der Waals surface area contributed by atoms with E-state index < -0.39 is 0 Å². The second kappa shape index (κ2) is 41.6. The highest BCUT2D eigenvalue weighted by molar-refractivity contribution is 5.69. The minimum absolute atomic E-state index is 0.0117. The van der Waals surface area contributed by atoms with Gasteiger partial charge in [0.15, 0.2) is 0 Å². The number of ether oxygens (including phenoxy) is 2. The summed E-state index contributed by atoms with van der Waals surface area (Å²) in [4.78, 5) is 27.6.